The van der Waals surface area contributed by atoms with Crippen LogP contribution >= 0.6 is 0 Å². The highest BCUT2D eigenvalue weighted by atomic mass is 16.3. The molecule has 2 unspecified atom stereocenters. The second-order valence-electron chi connectivity index (χ2n) is 4.32. The maximum absolute atomic E-state index is 9.30. The van der Waals surface area contributed by atoms with Crippen molar-refractivity contribution >= 4 is 11.5 Å². The maximum atomic E-state index is 9.30. The molecule has 4 N–H and O–H groups in total. The molecule has 0 aromatic carbocycles. The van der Waals surface area contributed by atoms with E-state index in [1.807, 2.05) is 20.9 Å². The number of aromatic nitrogens is 2. The molecule has 0 spiro atoms. The Hall–Kier alpha value is -1.23. The first-order chi connectivity index (χ1) is 7.45. The van der Waals surface area contributed by atoms with Gasteiger partial charge in [-0.3, -0.25) is 4.68 Å². The van der Waals surface area contributed by atoms with Gasteiger partial charge in [-0.25, -0.2) is 0 Å². The summed E-state index contributed by atoms with van der Waals surface area (Å²) in [5, 5.41) is 16.9. The van der Waals surface area contributed by atoms with Crippen LogP contribution in [0.5, 0.6) is 0 Å². The fourth-order valence-electron chi connectivity index (χ4n) is 1.83. The predicted octanol–water partition coefficient (Wildman–Crippen LogP) is 1.14. The summed E-state index contributed by atoms with van der Waals surface area (Å²) in [5.41, 5.74) is 7.61. The van der Waals surface area contributed by atoms with Gasteiger partial charge in [-0.1, -0.05) is 6.92 Å². The Labute approximate surface area is 96.6 Å². The van der Waals surface area contributed by atoms with Gasteiger partial charge in [0.2, 0.25) is 0 Å². The van der Waals surface area contributed by atoms with Gasteiger partial charge < -0.3 is 16.2 Å². The summed E-state index contributed by atoms with van der Waals surface area (Å²) in [7, 11) is 1.87. The van der Waals surface area contributed by atoms with Crippen molar-refractivity contribution in [1.82, 2.24) is 9.78 Å². The number of hydrogen-bond donors (Lipinski definition) is 3. The van der Waals surface area contributed by atoms with Crippen molar-refractivity contribution in [2.75, 3.05) is 11.1 Å². The van der Waals surface area contributed by atoms with Crippen molar-refractivity contribution in [2.45, 2.75) is 45.8 Å². The van der Waals surface area contributed by atoms with Crippen molar-refractivity contribution < 1.29 is 5.11 Å². The van der Waals surface area contributed by atoms with E-state index in [0.717, 1.165) is 17.9 Å². The number of aliphatic hydroxyl groups is 1. The Morgan fingerprint density at radius 1 is 1.50 bits per heavy atom. The number of aryl methyl sites for hydroxylation is 2. The van der Waals surface area contributed by atoms with Crippen molar-refractivity contribution in [1.29, 1.82) is 0 Å². The van der Waals surface area contributed by atoms with Crippen LogP contribution in [0.25, 0.3) is 0 Å². The molecule has 0 amide bonds. The van der Waals surface area contributed by atoms with Crippen LogP contribution in [0.15, 0.2) is 0 Å². The zero-order valence-electron chi connectivity index (χ0n) is 10.5. The third kappa shape index (κ3) is 2.88. The van der Waals surface area contributed by atoms with Crippen LogP contribution in [0.1, 0.15) is 32.9 Å². The van der Waals surface area contributed by atoms with Gasteiger partial charge in [-0.2, -0.15) is 5.10 Å². The lowest BCUT2D eigenvalue weighted by atomic mass is 10.1. The van der Waals surface area contributed by atoms with E-state index in [0.29, 0.717) is 12.1 Å². The molecule has 0 bridgehead atoms. The van der Waals surface area contributed by atoms with E-state index in [1.165, 1.54) is 0 Å². The topological polar surface area (TPSA) is 76.1 Å². The van der Waals surface area contributed by atoms with E-state index < -0.39 is 0 Å². The van der Waals surface area contributed by atoms with Crippen molar-refractivity contribution in [3.63, 3.8) is 0 Å². The molecule has 1 rings (SSSR count). The SMILES string of the molecule is CCc1nn(C)c(NC(C)CC(C)O)c1N. The molecule has 0 saturated carbocycles. The van der Waals surface area contributed by atoms with Gasteiger partial charge in [0.25, 0.3) is 0 Å². The Kier molecular flexibility index (Phi) is 4.18. The summed E-state index contributed by atoms with van der Waals surface area (Å²) < 4.78 is 1.76. The minimum atomic E-state index is -0.317. The van der Waals surface area contributed by atoms with E-state index in [1.54, 1.807) is 11.6 Å². The molecule has 0 saturated heterocycles. The molecule has 92 valence electrons. The number of aliphatic hydroxyl groups excluding tert-OH is 1. The Bertz CT molecular complexity index is 346. The van der Waals surface area contributed by atoms with E-state index >= 15 is 0 Å². The van der Waals surface area contributed by atoms with Crippen LogP contribution in [0.2, 0.25) is 0 Å². The Morgan fingerprint density at radius 2 is 2.12 bits per heavy atom. The van der Waals surface area contributed by atoms with E-state index in [4.69, 9.17) is 5.73 Å². The largest absolute Gasteiger partial charge is 0.394 e. The third-order valence-electron chi connectivity index (χ3n) is 2.57. The quantitative estimate of drug-likeness (QED) is 0.703. The van der Waals surface area contributed by atoms with Gasteiger partial charge in [0.1, 0.15) is 5.82 Å². The zero-order valence-corrected chi connectivity index (χ0v) is 10.5. The summed E-state index contributed by atoms with van der Waals surface area (Å²) in [6.07, 6.45) is 1.20. The molecule has 16 heavy (non-hydrogen) atoms. The number of nitrogens with one attached hydrogen (secondary N) is 1. The highest BCUT2D eigenvalue weighted by molar-refractivity contribution is 5.65. The standard InChI is InChI=1S/C11H22N4O/c1-5-9-10(12)11(15(4)14-9)13-7(2)6-8(3)16/h7-8,13,16H,5-6,12H2,1-4H3. The first-order valence-corrected chi connectivity index (χ1v) is 5.71. The fourth-order valence-corrected chi connectivity index (χ4v) is 1.83. The summed E-state index contributed by atoms with van der Waals surface area (Å²) in [4.78, 5) is 0. The van der Waals surface area contributed by atoms with E-state index in [-0.39, 0.29) is 12.1 Å². The molecule has 1 heterocycles. The maximum Gasteiger partial charge on any atom is 0.147 e. The lowest BCUT2D eigenvalue weighted by Gasteiger charge is -2.17. The van der Waals surface area contributed by atoms with Crippen LogP contribution in [0.3, 0.4) is 0 Å². The van der Waals surface area contributed by atoms with Crippen LogP contribution in [-0.4, -0.2) is 27.0 Å². The number of nitrogens with zero attached hydrogens (tertiary/aromatic N) is 2. The van der Waals surface area contributed by atoms with Crippen molar-refractivity contribution in [3.05, 3.63) is 5.69 Å². The first kappa shape index (κ1) is 12.8. The van der Waals surface area contributed by atoms with Crippen LogP contribution < -0.4 is 11.1 Å². The minimum absolute atomic E-state index is 0.169. The van der Waals surface area contributed by atoms with Crippen molar-refractivity contribution in [3.8, 4) is 0 Å². The fraction of sp³-hybridized carbons (Fsp3) is 0.727. The third-order valence-corrected chi connectivity index (χ3v) is 2.57. The van der Waals surface area contributed by atoms with E-state index in [2.05, 4.69) is 10.4 Å². The Balaban J connectivity index is 2.76. The number of rotatable bonds is 5. The number of nitrogen functional groups attached to an aromatic ring is 1. The van der Waals surface area contributed by atoms with E-state index in [9.17, 15) is 5.11 Å². The van der Waals surface area contributed by atoms with Gasteiger partial charge in [-0.05, 0) is 26.7 Å². The van der Waals surface area contributed by atoms with Crippen LogP contribution in [-0.2, 0) is 13.5 Å². The molecular weight excluding hydrogens is 204 g/mol. The second kappa shape index (κ2) is 5.21. The molecule has 2 atom stereocenters. The number of hydrogen-bond acceptors (Lipinski definition) is 4. The monoisotopic (exact) mass is 226 g/mol. The summed E-state index contributed by atoms with van der Waals surface area (Å²) >= 11 is 0. The first-order valence-electron chi connectivity index (χ1n) is 5.71. The average Bonchev–Trinajstić information content (AvgIpc) is 2.44. The average molecular weight is 226 g/mol. The number of anilines is 2. The lowest BCUT2D eigenvalue weighted by Crippen LogP contribution is -2.22. The molecule has 0 radical (unpaired) electrons. The zero-order chi connectivity index (χ0) is 12.3. The lowest BCUT2D eigenvalue weighted by molar-refractivity contribution is 0.179. The van der Waals surface area contributed by atoms with Gasteiger partial charge in [0.05, 0.1) is 17.5 Å². The molecule has 1 aromatic heterocycles. The van der Waals surface area contributed by atoms with Crippen LogP contribution in [0.4, 0.5) is 11.5 Å². The summed E-state index contributed by atoms with van der Waals surface area (Å²) in [6.45, 7) is 5.83. The van der Waals surface area contributed by atoms with Gasteiger partial charge in [0, 0.05) is 13.1 Å². The number of nitrogens with two attached hydrogens (primary N) is 1. The molecule has 0 aliphatic heterocycles. The molecule has 0 aliphatic rings. The molecule has 0 aliphatic carbocycles. The van der Waals surface area contributed by atoms with Gasteiger partial charge in [-0.15, -0.1) is 0 Å². The Morgan fingerprint density at radius 3 is 2.56 bits per heavy atom. The predicted molar refractivity (Wildman–Crippen MR) is 66.4 cm³/mol. The molecule has 5 nitrogen and oxygen atoms in total. The summed E-state index contributed by atoms with van der Waals surface area (Å²) in [6, 6.07) is 0.169. The molecule has 5 heteroatoms. The molecular formula is C11H22N4O. The molecule has 0 fully saturated rings. The van der Waals surface area contributed by atoms with Gasteiger partial charge >= 0.3 is 0 Å². The minimum Gasteiger partial charge on any atom is -0.394 e. The summed E-state index contributed by atoms with van der Waals surface area (Å²) in [5.74, 6) is 0.838. The molecule has 1 aromatic rings. The highest BCUT2D eigenvalue weighted by Crippen LogP contribution is 2.23. The normalized spacial score (nSPS) is 14.8. The van der Waals surface area contributed by atoms with Crippen LogP contribution in [0, 0.1) is 0 Å². The highest BCUT2D eigenvalue weighted by Gasteiger charge is 2.14. The smallest absolute Gasteiger partial charge is 0.147 e. The van der Waals surface area contributed by atoms with Gasteiger partial charge in [0.15, 0.2) is 0 Å². The second-order valence-corrected chi connectivity index (χ2v) is 4.32. The van der Waals surface area contributed by atoms with Crippen molar-refractivity contribution in [2.24, 2.45) is 7.05 Å².